The molecule has 0 N–H and O–H groups in total. The van der Waals surface area contributed by atoms with Crippen molar-refractivity contribution in [3.05, 3.63) is 18.2 Å². The van der Waals surface area contributed by atoms with Crippen molar-refractivity contribution in [1.29, 1.82) is 0 Å². The predicted octanol–water partition coefficient (Wildman–Crippen LogP) is 2.35. The van der Waals surface area contributed by atoms with Crippen LogP contribution in [0.2, 0.25) is 0 Å². The van der Waals surface area contributed by atoms with E-state index in [1.165, 1.54) is 11.8 Å². The number of sulfone groups is 1. The minimum absolute atomic E-state index is 0.0303. The van der Waals surface area contributed by atoms with Crippen molar-refractivity contribution in [2.75, 3.05) is 30.6 Å². The van der Waals surface area contributed by atoms with E-state index >= 15 is 0 Å². The van der Waals surface area contributed by atoms with Crippen LogP contribution in [0.4, 0.5) is 5.69 Å². The number of ether oxygens (including phenoxy) is 2. The Morgan fingerprint density at radius 1 is 1.22 bits per heavy atom. The second-order valence-electron chi connectivity index (χ2n) is 7.66. The molecule has 2 atom stereocenters. The number of aliphatic imine (C=N–C) groups is 1. The molecule has 0 spiro atoms. The molecule has 148 valence electrons. The Hall–Kier alpha value is -1.74. The summed E-state index contributed by atoms with van der Waals surface area (Å²) in [4.78, 5) is 18.7. The maximum absolute atomic E-state index is 12.5. The molecule has 0 aliphatic carbocycles. The van der Waals surface area contributed by atoms with Crippen LogP contribution < -0.4 is 14.4 Å². The van der Waals surface area contributed by atoms with Crippen molar-refractivity contribution in [3.8, 4) is 11.5 Å². The number of carbonyl (C=O) groups is 1. The van der Waals surface area contributed by atoms with E-state index in [0.29, 0.717) is 22.4 Å². The molecule has 0 aromatic heterocycles. The maximum atomic E-state index is 12.5. The number of anilines is 1. The van der Waals surface area contributed by atoms with Gasteiger partial charge in [0.1, 0.15) is 11.5 Å². The Bertz CT molecular complexity index is 890. The molecule has 1 aromatic rings. The third-order valence-corrected chi connectivity index (χ3v) is 7.76. The van der Waals surface area contributed by atoms with Gasteiger partial charge < -0.3 is 14.4 Å². The van der Waals surface area contributed by atoms with Crippen molar-refractivity contribution >= 4 is 38.4 Å². The molecule has 9 heteroatoms. The van der Waals surface area contributed by atoms with E-state index in [-0.39, 0.29) is 28.7 Å². The van der Waals surface area contributed by atoms with Crippen LogP contribution in [0.1, 0.15) is 20.8 Å². The van der Waals surface area contributed by atoms with Crippen LogP contribution in [0.15, 0.2) is 23.2 Å². The van der Waals surface area contributed by atoms with E-state index < -0.39 is 15.3 Å². The number of carbonyl (C=O) groups excluding carboxylic acids is 1. The fourth-order valence-electron chi connectivity index (χ4n) is 3.08. The monoisotopic (exact) mass is 412 g/mol. The van der Waals surface area contributed by atoms with E-state index in [2.05, 4.69) is 4.99 Å². The van der Waals surface area contributed by atoms with Crippen molar-refractivity contribution in [1.82, 2.24) is 0 Å². The van der Waals surface area contributed by atoms with Gasteiger partial charge >= 0.3 is 0 Å². The Labute approximate surface area is 164 Å². The number of hydrogen-bond donors (Lipinski definition) is 0. The quantitative estimate of drug-likeness (QED) is 0.753. The fraction of sp³-hybridized carbons (Fsp3) is 0.556. The Morgan fingerprint density at radius 2 is 1.93 bits per heavy atom. The van der Waals surface area contributed by atoms with Crippen LogP contribution in [0.25, 0.3) is 0 Å². The lowest BCUT2D eigenvalue weighted by molar-refractivity contribution is -0.124. The highest BCUT2D eigenvalue weighted by Gasteiger charge is 2.50. The number of methoxy groups -OCH3 is 2. The number of rotatable bonds is 3. The first-order chi connectivity index (χ1) is 12.6. The first-order valence-corrected chi connectivity index (χ1v) is 11.3. The van der Waals surface area contributed by atoms with E-state index in [1.807, 2.05) is 31.7 Å². The predicted molar refractivity (Wildman–Crippen MR) is 108 cm³/mol. The first-order valence-electron chi connectivity index (χ1n) is 8.57. The van der Waals surface area contributed by atoms with Crippen LogP contribution in [0.5, 0.6) is 11.5 Å². The second kappa shape index (κ2) is 7.01. The molecular formula is C18H24N2O5S2. The SMILES string of the molecule is COc1ccc(N2C(=NC(=O)C(C)(C)C)S[C@@H]3CS(=O)(=O)C[C@@H]32)c(OC)c1. The molecule has 0 unspecified atom stereocenters. The third kappa shape index (κ3) is 3.94. The number of hydrogen-bond acceptors (Lipinski definition) is 6. The van der Waals surface area contributed by atoms with Gasteiger partial charge in [-0.2, -0.15) is 4.99 Å². The minimum Gasteiger partial charge on any atom is -0.497 e. The molecule has 3 rings (SSSR count). The van der Waals surface area contributed by atoms with Crippen molar-refractivity contribution in [2.45, 2.75) is 32.1 Å². The summed E-state index contributed by atoms with van der Waals surface area (Å²) in [6.07, 6.45) is 0. The molecule has 27 heavy (non-hydrogen) atoms. The number of amidine groups is 1. The highest BCUT2D eigenvalue weighted by molar-refractivity contribution is 8.16. The molecule has 0 radical (unpaired) electrons. The van der Waals surface area contributed by atoms with Gasteiger partial charge in [0.05, 0.1) is 37.5 Å². The zero-order valence-corrected chi connectivity index (χ0v) is 17.7. The van der Waals surface area contributed by atoms with Crippen molar-refractivity contribution in [2.24, 2.45) is 10.4 Å². The summed E-state index contributed by atoms with van der Waals surface area (Å²) >= 11 is 1.35. The first kappa shape index (κ1) is 20.0. The summed E-state index contributed by atoms with van der Waals surface area (Å²) in [6, 6.07) is 5.04. The maximum Gasteiger partial charge on any atom is 0.253 e. The van der Waals surface area contributed by atoms with Gasteiger partial charge in [0.15, 0.2) is 15.0 Å². The van der Waals surface area contributed by atoms with Gasteiger partial charge in [-0.15, -0.1) is 0 Å². The number of thioether (sulfide) groups is 1. The largest absolute Gasteiger partial charge is 0.497 e. The fourth-order valence-corrected chi connectivity index (χ4v) is 6.99. The molecule has 7 nitrogen and oxygen atoms in total. The standard InChI is InChI=1S/C18H24N2O5S2/c1-18(2,3)16(21)19-17-20(13-9-27(22,23)10-15(13)26-17)12-7-6-11(24-4)8-14(12)25-5/h6-8,13,15H,9-10H2,1-5H3/t13-,15+/m0/s1. The Kier molecular flexibility index (Phi) is 5.20. The molecule has 2 fully saturated rings. The molecule has 1 amide bonds. The lowest BCUT2D eigenvalue weighted by Gasteiger charge is -2.27. The lowest BCUT2D eigenvalue weighted by atomic mass is 9.96. The van der Waals surface area contributed by atoms with Gasteiger partial charge in [-0.1, -0.05) is 32.5 Å². The molecule has 0 saturated carbocycles. The van der Waals surface area contributed by atoms with Gasteiger partial charge in [0.25, 0.3) is 5.91 Å². The topological polar surface area (TPSA) is 85.3 Å². The van der Waals surface area contributed by atoms with E-state index in [4.69, 9.17) is 9.47 Å². The zero-order chi connectivity index (χ0) is 20.0. The summed E-state index contributed by atoms with van der Waals surface area (Å²) < 4.78 is 35.1. The number of amides is 1. The second-order valence-corrected chi connectivity index (χ2v) is 11.0. The summed E-state index contributed by atoms with van der Waals surface area (Å²) in [5.41, 5.74) is 0.0587. The third-order valence-electron chi connectivity index (χ3n) is 4.55. The molecule has 1 aromatic carbocycles. The normalized spacial score (nSPS) is 25.5. The van der Waals surface area contributed by atoms with Gasteiger partial charge in [0.2, 0.25) is 0 Å². The van der Waals surface area contributed by atoms with Crippen LogP contribution in [-0.2, 0) is 14.6 Å². The molecule has 2 heterocycles. The average Bonchev–Trinajstić information content (AvgIpc) is 3.04. The molecule has 2 saturated heterocycles. The Balaban J connectivity index is 2.09. The number of benzene rings is 1. The number of fused-ring (bicyclic) bond motifs is 1. The van der Waals surface area contributed by atoms with Gasteiger partial charge in [-0.3, -0.25) is 4.79 Å². The van der Waals surface area contributed by atoms with E-state index in [9.17, 15) is 13.2 Å². The van der Waals surface area contributed by atoms with Crippen LogP contribution in [0.3, 0.4) is 0 Å². The zero-order valence-electron chi connectivity index (χ0n) is 16.1. The summed E-state index contributed by atoms with van der Waals surface area (Å²) in [5, 5.41) is 0.358. The molecule has 2 aliphatic rings. The van der Waals surface area contributed by atoms with Crippen molar-refractivity contribution < 1.29 is 22.7 Å². The highest BCUT2D eigenvalue weighted by atomic mass is 32.2. The summed E-state index contributed by atoms with van der Waals surface area (Å²) in [5.74, 6) is 1.03. The summed E-state index contributed by atoms with van der Waals surface area (Å²) in [7, 11) is -0.0198. The molecular weight excluding hydrogens is 388 g/mol. The van der Waals surface area contributed by atoms with Crippen LogP contribution >= 0.6 is 11.8 Å². The van der Waals surface area contributed by atoms with Crippen LogP contribution in [0, 0.1) is 5.41 Å². The van der Waals surface area contributed by atoms with Crippen LogP contribution in [-0.4, -0.2) is 56.5 Å². The van der Waals surface area contributed by atoms with Gasteiger partial charge in [0, 0.05) is 16.7 Å². The van der Waals surface area contributed by atoms with Gasteiger partial charge in [-0.05, 0) is 12.1 Å². The van der Waals surface area contributed by atoms with Crippen molar-refractivity contribution in [3.63, 3.8) is 0 Å². The lowest BCUT2D eigenvalue weighted by Crippen LogP contribution is -2.38. The number of nitrogens with zero attached hydrogens (tertiary/aromatic N) is 2. The minimum atomic E-state index is -3.13. The highest BCUT2D eigenvalue weighted by Crippen LogP contribution is 2.45. The summed E-state index contributed by atoms with van der Waals surface area (Å²) in [6.45, 7) is 5.42. The average molecular weight is 413 g/mol. The Morgan fingerprint density at radius 3 is 2.52 bits per heavy atom. The smallest absolute Gasteiger partial charge is 0.253 e. The molecule has 0 bridgehead atoms. The van der Waals surface area contributed by atoms with E-state index in [1.54, 1.807) is 26.4 Å². The molecule has 2 aliphatic heterocycles. The van der Waals surface area contributed by atoms with Gasteiger partial charge in [-0.25, -0.2) is 8.42 Å². The van der Waals surface area contributed by atoms with E-state index in [0.717, 1.165) is 0 Å².